The Morgan fingerprint density at radius 2 is 1.22 bits per heavy atom. The maximum absolute atomic E-state index is 9.79. The van der Waals surface area contributed by atoms with Gasteiger partial charge in [-0.1, -0.05) is 65.2 Å². The molecule has 1 N–H and O–H groups in total. The third-order valence-corrected chi connectivity index (χ3v) is 2.35. The Bertz CT molecular complexity index is 175. The third kappa shape index (κ3) is 24.5. The molecule has 3 heteroatoms. The Morgan fingerprint density at radius 1 is 0.889 bits per heavy atom. The average molecular weight is 260 g/mol. The molecule has 0 radical (unpaired) electrons. The fourth-order valence-corrected chi connectivity index (χ4v) is 1.47. The van der Waals surface area contributed by atoms with Gasteiger partial charge in [-0.05, 0) is 20.8 Å². The van der Waals surface area contributed by atoms with Crippen LogP contribution in [0, 0.1) is 0 Å². The number of hydrogen-bond acceptors (Lipinski definition) is 2. The summed E-state index contributed by atoms with van der Waals surface area (Å²) in [6.45, 7) is 9.58. The van der Waals surface area contributed by atoms with Gasteiger partial charge in [-0.15, -0.1) is 0 Å². The Balaban J connectivity index is 0. The number of unbranched alkanes of at least 4 members (excludes halogenated alkanes) is 7. The Morgan fingerprint density at radius 3 is 1.39 bits per heavy atom. The first-order valence-corrected chi connectivity index (χ1v) is 7.25. The summed E-state index contributed by atoms with van der Waals surface area (Å²) in [6, 6.07) is 0. The zero-order valence-corrected chi connectivity index (χ0v) is 12.9. The average Bonchev–Trinajstić information content (AvgIpc) is 2.20. The number of carboxylic acid groups (broad SMARTS) is 1. The van der Waals surface area contributed by atoms with Crippen LogP contribution in [0.2, 0.25) is 0 Å². The predicted molar refractivity (Wildman–Crippen MR) is 77.1 cm³/mol. The lowest BCUT2D eigenvalue weighted by atomic mass is 10.1. The van der Waals surface area contributed by atoms with Gasteiger partial charge in [0.2, 0.25) is 0 Å². The normalized spacial score (nSPS) is 10.5. The third-order valence-electron chi connectivity index (χ3n) is 2.35. The minimum Gasteiger partial charge on any atom is -0.450 e. The van der Waals surface area contributed by atoms with Crippen LogP contribution in [-0.4, -0.2) is 16.9 Å². The maximum Gasteiger partial charge on any atom is 0.506 e. The van der Waals surface area contributed by atoms with Gasteiger partial charge >= 0.3 is 6.16 Å². The molecule has 18 heavy (non-hydrogen) atoms. The van der Waals surface area contributed by atoms with Crippen molar-refractivity contribution in [2.75, 3.05) is 0 Å². The zero-order chi connectivity index (χ0) is 14.4. The molecule has 0 heterocycles. The van der Waals surface area contributed by atoms with Gasteiger partial charge in [0.15, 0.2) is 0 Å². The molecule has 0 atom stereocenters. The van der Waals surface area contributed by atoms with Crippen LogP contribution < -0.4 is 0 Å². The van der Waals surface area contributed by atoms with Crippen LogP contribution in [0.4, 0.5) is 4.79 Å². The Kier molecular flexibility index (Phi) is 13.9. The molecule has 0 aromatic heterocycles. The molecule has 0 aliphatic heterocycles. The predicted octanol–water partition coefficient (Wildman–Crippen LogP) is 5.63. The molecule has 0 bridgehead atoms. The lowest BCUT2D eigenvalue weighted by Gasteiger charge is -2.15. The summed E-state index contributed by atoms with van der Waals surface area (Å²) < 4.78 is 4.35. The van der Waals surface area contributed by atoms with E-state index in [0.29, 0.717) is 0 Å². The smallest absolute Gasteiger partial charge is 0.450 e. The van der Waals surface area contributed by atoms with Crippen LogP contribution in [0.25, 0.3) is 0 Å². The van der Waals surface area contributed by atoms with Crippen molar-refractivity contribution in [2.24, 2.45) is 0 Å². The topological polar surface area (TPSA) is 46.5 Å². The molecule has 0 saturated heterocycles. The van der Waals surface area contributed by atoms with Crippen LogP contribution >= 0.6 is 0 Å². The van der Waals surface area contributed by atoms with Gasteiger partial charge in [0, 0.05) is 0 Å². The van der Waals surface area contributed by atoms with Crippen molar-refractivity contribution in [2.45, 2.75) is 91.6 Å². The van der Waals surface area contributed by atoms with E-state index in [1.165, 1.54) is 51.4 Å². The van der Waals surface area contributed by atoms with E-state index < -0.39 is 11.8 Å². The van der Waals surface area contributed by atoms with Crippen molar-refractivity contribution >= 4 is 6.16 Å². The van der Waals surface area contributed by atoms with Crippen molar-refractivity contribution in [1.29, 1.82) is 0 Å². The van der Waals surface area contributed by atoms with Crippen molar-refractivity contribution in [1.82, 2.24) is 0 Å². The van der Waals surface area contributed by atoms with E-state index in [9.17, 15) is 4.79 Å². The standard InChI is InChI=1S/C10H22.C5H10O3/c1-3-5-7-9-10-8-6-4-2;1-5(2,3)8-4(6)7/h3-10H2,1-2H3;1-3H3,(H,6,7). The van der Waals surface area contributed by atoms with E-state index in [4.69, 9.17) is 5.11 Å². The fraction of sp³-hybridized carbons (Fsp3) is 0.933. The molecule has 0 aliphatic rings. The van der Waals surface area contributed by atoms with Crippen molar-refractivity contribution < 1.29 is 14.6 Å². The van der Waals surface area contributed by atoms with Crippen LogP contribution in [0.3, 0.4) is 0 Å². The Hall–Kier alpha value is -0.730. The summed E-state index contributed by atoms with van der Waals surface area (Å²) in [5.74, 6) is 0. The summed E-state index contributed by atoms with van der Waals surface area (Å²) in [5, 5.41) is 8.03. The van der Waals surface area contributed by atoms with Crippen molar-refractivity contribution in [3.8, 4) is 0 Å². The molecule has 0 aromatic carbocycles. The maximum atomic E-state index is 9.79. The lowest BCUT2D eigenvalue weighted by molar-refractivity contribution is 0.0150. The molecule has 0 saturated carbocycles. The molecule has 110 valence electrons. The van der Waals surface area contributed by atoms with Crippen LogP contribution in [0.1, 0.15) is 86.0 Å². The zero-order valence-electron chi connectivity index (χ0n) is 12.9. The molecule has 0 fully saturated rings. The second-order valence-corrected chi connectivity index (χ2v) is 5.60. The number of ether oxygens (including phenoxy) is 1. The molecule has 0 rings (SSSR count). The van der Waals surface area contributed by atoms with E-state index in [0.717, 1.165) is 0 Å². The molecule has 0 unspecified atom stereocenters. The molecule has 0 aromatic rings. The number of carbonyl (C=O) groups is 1. The highest BCUT2D eigenvalue weighted by molar-refractivity contribution is 5.57. The minimum absolute atomic E-state index is 0.578. The van der Waals surface area contributed by atoms with Crippen molar-refractivity contribution in [3.05, 3.63) is 0 Å². The second-order valence-electron chi connectivity index (χ2n) is 5.60. The van der Waals surface area contributed by atoms with Gasteiger partial charge in [0.25, 0.3) is 0 Å². The Labute approximate surface area is 113 Å². The van der Waals surface area contributed by atoms with Crippen LogP contribution in [0.15, 0.2) is 0 Å². The highest BCUT2D eigenvalue weighted by atomic mass is 16.7. The summed E-state index contributed by atoms with van der Waals surface area (Å²) >= 11 is 0. The first-order chi connectivity index (χ1) is 8.33. The van der Waals surface area contributed by atoms with Crippen LogP contribution in [-0.2, 0) is 4.74 Å². The quantitative estimate of drug-likeness (QED) is 0.477. The van der Waals surface area contributed by atoms with Gasteiger partial charge in [0.05, 0.1) is 0 Å². The first-order valence-electron chi connectivity index (χ1n) is 7.25. The summed E-state index contributed by atoms with van der Waals surface area (Å²) in [4.78, 5) is 9.79. The van der Waals surface area contributed by atoms with Crippen LogP contribution in [0.5, 0.6) is 0 Å². The first kappa shape index (κ1) is 19.6. The fourth-order valence-electron chi connectivity index (χ4n) is 1.47. The van der Waals surface area contributed by atoms with Gasteiger partial charge in [0.1, 0.15) is 5.60 Å². The number of rotatable bonds is 7. The second kappa shape index (κ2) is 12.7. The monoisotopic (exact) mass is 260 g/mol. The summed E-state index contributed by atoms with van der Waals surface area (Å²) in [6.07, 6.45) is 10.2. The molecule has 0 spiro atoms. The lowest BCUT2D eigenvalue weighted by Crippen LogP contribution is -2.22. The highest BCUT2D eigenvalue weighted by Crippen LogP contribution is 2.07. The van der Waals surface area contributed by atoms with Gasteiger partial charge in [-0.25, -0.2) is 4.79 Å². The number of hydrogen-bond donors (Lipinski definition) is 1. The van der Waals surface area contributed by atoms with E-state index in [-0.39, 0.29) is 0 Å². The summed E-state index contributed by atoms with van der Waals surface area (Å²) in [5.41, 5.74) is -0.578. The molecular formula is C15H32O3. The van der Waals surface area contributed by atoms with E-state index in [1.54, 1.807) is 20.8 Å². The highest BCUT2D eigenvalue weighted by Gasteiger charge is 2.13. The summed E-state index contributed by atoms with van der Waals surface area (Å²) in [7, 11) is 0. The van der Waals surface area contributed by atoms with E-state index >= 15 is 0 Å². The van der Waals surface area contributed by atoms with Gasteiger partial charge in [-0.3, -0.25) is 0 Å². The van der Waals surface area contributed by atoms with Gasteiger partial charge in [-0.2, -0.15) is 0 Å². The van der Waals surface area contributed by atoms with E-state index in [1.807, 2.05) is 0 Å². The molecule has 0 amide bonds. The SMILES string of the molecule is CC(C)(C)OC(=O)O.CCCCCCCCCC. The van der Waals surface area contributed by atoms with E-state index in [2.05, 4.69) is 18.6 Å². The van der Waals surface area contributed by atoms with Gasteiger partial charge < -0.3 is 9.84 Å². The largest absolute Gasteiger partial charge is 0.506 e. The molecular weight excluding hydrogens is 228 g/mol. The minimum atomic E-state index is -1.22. The van der Waals surface area contributed by atoms with Crippen molar-refractivity contribution in [3.63, 3.8) is 0 Å². The molecule has 3 nitrogen and oxygen atoms in total. The molecule has 0 aliphatic carbocycles.